The summed E-state index contributed by atoms with van der Waals surface area (Å²) >= 11 is 18.9. The zero-order chi connectivity index (χ0) is 86.3. The highest BCUT2D eigenvalue weighted by Crippen LogP contribution is 2.44. The summed E-state index contributed by atoms with van der Waals surface area (Å²) in [4.78, 5) is 73.7. The van der Waals surface area contributed by atoms with E-state index in [4.69, 9.17) is 62.8 Å². The summed E-state index contributed by atoms with van der Waals surface area (Å²) in [6, 6.07) is 45.3. The van der Waals surface area contributed by atoms with Crippen molar-refractivity contribution < 1.29 is 99.7 Å². The monoisotopic (exact) mass is 1750 g/mol. The van der Waals surface area contributed by atoms with Crippen LogP contribution in [0.25, 0.3) is 33.4 Å². The number of carboxylic acid groups (broad SMARTS) is 1. The van der Waals surface area contributed by atoms with Gasteiger partial charge in [-0.3, -0.25) is 28.8 Å². The third-order valence-corrected chi connectivity index (χ3v) is 25.8. The second-order valence-electron chi connectivity index (χ2n) is 28.8. The molecule has 21 nitrogen and oxygen atoms in total. The van der Waals surface area contributed by atoms with Crippen LogP contribution in [-0.2, 0) is 64.7 Å². The molecule has 3 atom stereocenters. The van der Waals surface area contributed by atoms with Crippen LogP contribution in [0.15, 0.2) is 197 Å². The molecule has 0 saturated heterocycles. The van der Waals surface area contributed by atoms with Crippen molar-refractivity contribution in [3.8, 4) is 50.6 Å². The average Bonchev–Trinajstić information content (AvgIpc) is 1.39. The summed E-state index contributed by atoms with van der Waals surface area (Å²) < 4.78 is 165. The Kier molecular flexibility index (Phi) is 31.2. The molecule has 33 heteroatoms. The zero-order valence-corrected chi connectivity index (χ0v) is 68.4. The van der Waals surface area contributed by atoms with Crippen LogP contribution in [0, 0.1) is 17.8 Å². The molecule has 0 radical (unpaired) electrons. The number of ketones is 4. The normalized spacial score (nSPS) is 14.1. The number of benzene rings is 9. The second kappa shape index (κ2) is 40.3. The molecule has 1 amide bonds. The lowest BCUT2D eigenvalue weighted by atomic mass is 9.86. The van der Waals surface area contributed by atoms with Gasteiger partial charge in [0.15, 0.2) is 29.5 Å². The molecule has 10 N–H and O–H groups in total. The molecule has 0 bridgehead atoms. The Labute approximate surface area is 693 Å². The molecule has 0 heterocycles. The predicted octanol–water partition coefficient (Wildman–Crippen LogP) is 18.1. The van der Waals surface area contributed by atoms with E-state index < -0.39 is 79.0 Å². The molecule has 0 aromatic heterocycles. The van der Waals surface area contributed by atoms with Gasteiger partial charge in [-0.05, 0) is 190 Å². The number of para-hydroxylation sites is 3. The molecule has 0 spiro atoms. The largest absolute Gasteiger partial charge is 0.481 e. The maximum Gasteiger partial charge on any atom is 0.387 e. The Bertz CT molecular complexity index is 5530. The highest BCUT2D eigenvalue weighted by atomic mass is 35.5. The minimum atomic E-state index is -3.43. The number of nitrogens with one attached hydrogen (secondary N) is 1. The fourth-order valence-corrected chi connectivity index (χ4v) is 18.6. The van der Waals surface area contributed by atoms with Crippen LogP contribution < -0.4 is 42.5 Å². The van der Waals surface area contributed by atoms with Gasteiger partial charge in [0, 0.05) is 70.7 Å². The van der Waals surface area contributed by atoms with Gasteiger partial charge >= 0.3 is 25.8 Å². The first-order valence-corrected chi connectivity index (χ1v) is 42.9. The smallest absolute Gasteiger partial charge is 0.387 e. The molecule has 3 aliphatic carbocycles. The lowest BCUT2D eigenvalue weighted by Crippen LogP contribution is -2.23. The predicted molar refractivity (Wildman–Crippen MR) is 441 cm³/mol. The molecular weight excluding hydrogens is 1660 g/mol. The van der Waals surface area contributed by atoms with Crippen molar-refractivity contribution in [3.05, 3.63) is 219 Å². The molecule has 118 heavy (non-hydrogen) atoms. The Hall–Kier alpha value is -10.5. The third kappa shape index (κ3) is 26.0. The fourth-order valence-electron chi connectivity index (χ4n) is 12.7. The van der Waals surface area contributed by atoms with Gasteiger partial charge in [-0.25, -0.2) is 25.3 Å². The van der Waals surface area contributed by atoms with Crippen molar-refractivity contribution in [2.45, 2.75) is 137 Å². The van der Waals surface area contributed by atoms with Crippen LogP contribution in [0.4, 0.5) is 54.8 Å². The maximum atomic E-state index is 13.5. The van der Waals surface area contributed by atoms with E-state index in [1.807, 2.05) is 0 Å². The summed E-state index contributed by atoms with van der Waals surface area (Å²) in [5, 5.41) is 12.5. The van der Waals surface area contributed by atoms with Gasteiger partial charge in [0.2, 0.25) is 5.91 Å². The number of ether oxygens (including phenoxy) is 3. The van der Waals surface area contributed by atoms with Crippen molar-refractivity contribution in [1.29, 1.82) is 0 Å². The highest BCUT2D eigenvalue weighted by Gasteiger charge is 2.34. The molecule has 3 unspecified atom stereocenters. The quantitative estimate of drug-likeness (QED) is 0.0164. The second-order valence-corrected chi connectivity index (χ2v) is 36.1. The lowest BCUT2D eigenvalue weighted by molar-refractivity contribution is -0.140. The molecule has 3 fully saturated rings. The van der Waals surface area contributed by atoms with E-state index >= 15 is 0 Å². The number of aliphatic carboxylic acids is 1. The van der Waals surface area contributed by atoms with Gasteiger partial charge in [-0.15, -0.1) is 0 Å². The topological polar surface area (TPSA) is 369 Å². The number of carboxylic acids is 1. The molecule has 9 aromatic rings. The number of carbonyl (C=O) groups excluding carboxylic acids is 5. The average molecular weight is 1750 g/mol. The Morgan fingerprint density at radius 2 is 0.712 bits per heavy atom. The van der Waals surface area contributed by atoms with Crippen molar-refractivity contribution in [3.63, 3.8) is 0 Å². The van der Waals surface area contributed by atoms with Crippen LogP contribution in [-0.4, -0.2) is 102 Å². The first kappa shape index (κ1) is 91.4. The Balaban J connectivity index is 0.000000188. The van der Waals surface area contributed by atoms with Gasteiger partial charge in [0.1, 0.15) is 40.4 Å². The minimum Gasteiger partial charge on any atom is -0.481 e. The molecule has 0 aliphatic heterocycles. The van der Waals surface area contributed by atoms with Gasteiger partial charge in [-0.2, -0.15) is 26.3 Å². The molecule has 626 valence electrons. The first-order valence-electron chi connectivity index (χ1n) is 36.8. The van der Waals surface area contributed by atoms with Gasteiger partial charge in [0.05, 0.1) is 81.6 Å². The number of nitrogens with two attached hydrogens (primary N) is 4. The van der Waals surface area contributed by atoms with E-state index in [2.05, 4.69) is 19.5 Å². The van der Waals surface area contributed by atoms with E-state index in [1.54, 1.807) is 66.7 Å². The number of hydrogen-bond donors (Lipinski definition) is 6. The number of rotatable bonds is 33. The number of sulfone groups is 3. The van der Waals surface area contributed by atoms with Crippen molar-refractivity contribution >= 4 is 128 Å². The molecule has 9 aromatic carbocycles. The zero-order valence-electron chi connectivity index (χ0n) is 63.7. The van der Waals surface area contributed by atoms with Crippen LogP contribution in [0.5, 0.6) is 17.2 Å². The summed E-state index contributed by atoms with van der Waals surface area (Å²) in [5.74, 6) is -4.39. The van der Waals surface area contributed by atoms with E-state index in [9.17, 15) is 80.4 Å². The third-order valence-electron chi connectivity index (χ3n) is 19.2. The molecular formula is C85H84Cl3F6N5O16S3. The maximum absolute atomic E-state index is 13.5. The van der Waals surface area contributed by atoms with Crippen LogP contribution in [0.2, 0.25) is 15.1 Å². The van der Waals surface area contributed by atoms with Crippen molar-refractivity contribution in [1.82, 2.24) is 0 Å². The van der Waals surface area contributed by atoms with E-state index in [0.717, 1.165) is 38.5 Å². The summed E-state index contributed by atoms with van der Waals surface area (Å²) in [6.45, 7) is -4.92. The standard InChI is InChI=1S/C29H28ClF2NO5S.C28H27ClF2N2O5S.C15H18O5S.C13H11ClF2N2O/c1-17(34)12-23(19-8-10-21(11-9-19)39(36,37)16-18-6-7-18)27(35)14-20-13-24(25(30)15-26(20)33)22-4-2-3-5-28(22)38-29(31)32;1-16(34)12-21(18-8-10-19(11-9-18)39(36,37)15-17-6-7-17)27(35)33-25-14-23(29)22(13-24(25)32)20-4-2-3-5-26(20)38-28(30)31;1-10(16)8-14(15(17)18)12-4-6-13(7-5-12)21(19,20)9-11-2-3-11;14-9-6-11(18)10(17)5-8(9)7-3-1-2-4-12(7)19-13(15)16/h2-5,8-11,13,15,18,23,29H,6-7,12,14,16,33H2,1H3;2-5,8-11,13-14,17,21,28H,6-7,12,15,32H2,1H3,(H,33,35);4-7,11,14H,2-3,8-9H2,1H3,(H,17,18);1-6,13H,17-18H2. The Morgan fingerprint density at radius 3 is 1.07 bits per heavy atom. The molecule has 3 saturated carbocycles. The van der Waals surface area contributed by atoms with Gasteiger partial charge < -0.3 is 47.6 Å². The minimum absolute atomic E-state index is 0.0311. The number of amides is 1. The molecule has 12 rings (SSSR count). The summed E-state index contributed by atoms with van der Waals surface area (Å²) in [6.07, 6.45) is 5.10. The number of alkyl halides is 6. The fraction of sp³-hybridized carbons (Fsp3) is 0.294. The highest BCUT2D eigenvalue weighted by molar-refractivity contribution is 7.92. The van der Waals surface area contributed by atoms with Crippen LogP contribution >= 0.6 is 34.8 Å². The Morgan fingerprint density at radius 1 is 0.407 bits per heavy atom. The van der Waals surface area contributed by atoms with Gasteiger partial charge in [-0.1, -0.05) is 126 Å². The van der Waals surface area contributed by atoms with Crippen LogP contribution in [0.3, 0.4) is 0 Å². The van der Waals surface area contributed by atoms with Crippen LogP contribution in [0.1, 0.15) is 119 Å². The number of carbonyl (C=O) groups is 6. The number of anilines is 5. The SMILES string of the molecule is CC(=O)CC(C(=O)Cc1cc(-c2ccccc2OC(F)F)c(Cl)cc1N)c1ccc(S(=O)(=O)CC2CC2)cc1.CC(=O)CC(C(=O)Nc1cc(Cl)c(-c2ccccc2OC(F)F)cc1N)c1ccc(S(=O)(=O)CC2CC2)cc1.CC(=O)CC(C(=O)O)c1ccc(S(=O)(=O)CC2CC2)cc1.Nc1cc(Cl)c(-c2ccccc2OC(F)F)cc1N. The van der Waals surface area contributed by atoms with Crippen molar-refractivity contribution in [2.75, 3.05) is 45.5 Å². The first-order chi connectivity index (χ1) is 55.7. The summed E-state index contributed by atoms with van der Waals surface area (Å²) in [5.41, 5.74) is 28.9. The van der Waals surface area contributed by atoms with E-state index in [-0.39, 0.29) is 143 Å². The lowest BCUT2D eigenvalue weighted by Gasteiger charge is -2.19. The number of hydrogen-bond acceptors (Lipinski definition) is 19. The molecule has 3 aliphatic rings. The van der Waals surface area contributed by atoms with E-state index in [0.29, 0.717) is 72.0 Å². The summed E-state index contributed by atoms with van der Waals surface area (Å²) in [7, 11) is -10.1. The van der Waals surface area contributed by atoms with Crippen molar-refractivity contribution in [2.24, 2.45) is 17.8 Å². The number of Topliss-reactive ketones (excluding diaryl/α,β-unsaturated/α-hetero) is 4. The number of nitrogen functional groups attached to an aromatic ring is 4. The number of halogens is 9. The van der Waals surface area contributed by atoms with E-state index in [1.165, 1.54) is 136 Å². The van der Waals surface area contributed by atoms with Gasteiger partial charge in [0.25, 0.3) is 0 Å².